The van der Waals surface area contributed by atoms with Crippen molar-refractivity contribution in [1.82, 2.24) is 4.90 Å². The second-order valence-corrected chi connectivity index (χ2v) is 7.90. The lowest BCUT2D eigenvalue weighted by Gasteiger charge is -2.14. The molecule has 0 radical (unpaired) electrons. The molecule has 3 aliphatic rings. The maximum absolute atomic E-state index is 5.61. The van der Waals surface area contributed by atoms with Gasteiger partial charge in [-0.2, -0.15) is 0 Å². The van der Waals surface area contributed by atoms with Gasteiger partial charge in [0, 0.05) is 6.04 Å². The summed E-state index contributed by atoms with van der Waals surface area (Å²) in [4.78, 5) is 2.63. The van der Waals surface area contributed by atoms with E-state index < -0.39 is 0 Å². The molecule has 2 heterocycles. The minimum atomic E-state index is 0.506. The molecule has 5 nitrogen and oxygen atoms in total. The first kappa shape index (κ1) is 18.4. The second kappa shape index (κ2) is 6.99. The van der Waals surface area contributed by atoms with Crippen LogP contribution < -0.4 is 18.9 Å². The van der Waals surface area contributed by atoms with Crippen LogP contribution in [-0.4, -0.2) is 52.0 Å². The van der Waals surface area contributed by atoms with Gasteiger partial charge in [-0.3, -0.25) is 4.90 Å². The van der Waals surface area contributed by atoms with Crippen LogP contribution in [0.3, 0.4) is 0 Å². The number of rotatable bonds is 6. The Morgan fingerprint density at radius 2 is 1.52 bits per heavy atom. The van der Waals surface area contributed by atoms with Crippen LogP contribution in [0.4, 0.5) is 0 Å². The van der Waals surface area contributed by atoms with Gasteiger partial charge >= 0.3 is 0 Å². The summed E-state index contributed by atoms with van der Waals surface area (Å²) in [6.07, 6.45) is 3.48. The first-order valence-corrected chi connectivity index (χ1v) is 10.2. The standard InChI is InChI=1S/C24H27NO4/c1-26-19-8-7-14(11-20(19)27-2)16-10-15-12-21(28-3)22(29-4)13-17(15)23(16)24-18-6-5-9-25(18)24/h7-8,11-13,18,24H,5-6,9-10H2,1-4H3. The van der Waals surface area contributed by atoms with Crippen molar-refractivity contribution in [1.29, 1.82) is 0 Å². The summed E-state index contributed by atoms with van der Waals surface area (Å²) in [7, 11) is 6.75. The Labute approximate surface area is 171 Å². The van der Waals surface area contributed by atoms with E-state index in [2.05, 4.69) is 29.2 Å². The van der Waals surface area contributed by atoms with Crippen molar-refractivity contribution in [3.63, 3.8) is 0 Å². The zero-order valence-corrected chi connectivity index (χ0v) is 17.5. The van der Waals surface area contributed by atoms with Crippen LogP contribution in [0, 0.1) is 0 Å². The summed E-state index contributed by atoms with van der Waals surface area (Å²) in [6, 6.07) is 11.7. The lowest BCUT2D eigenvalue weighted by Crippen LogP contribution is -2.06. The fourth-order valence-electron chi connectivity index (χ4n) is 5.19. The number of hydrogen-bond acceptors (Lipinski definition) is 5. The van der Waals surface area contributed by atoms with Crippen molar-refractivity contribution in [2.24, 2.45) is 0 Å². The van der Waals surface area contributed by atoms with E-state index in [1.807, 2.05) is 6.07 Å². The average Bonchev–Trinajstić information content (AvgIpc) is 3.09. The number of piperidine rings is 1. The summed E-state index contributed by atoms with van der Waals surface area (Å²) in [5, 5.41) is 0. The van der Waals surface area contributed by atoms with Gasteiger partial charge in [-0.15, -0.1) is 0 Å². The molecule has 29 heavy (non-hydrogen) atoms. The molecule has 0 spiro atoms. The number of nitrogens with zero attached hydrogens (tertiary/aromatic N) is 1. The normalized spacial score (nSPS) is 24.2. The Kier molecular flexibility index (Phi) is 4.43. The number of benzene rings is 2. The third-order valence-electron chi connectivity index (χ3n) is 6.59. The first-order chi connectivity index (χ1) is 14.2. The summed E-state index contributed by atoms with van der Waals surface area (Å²) in [6.45, 7) is 1.20. The molecule has 3 unspecified atom stereocenters. The highest BCUT2D eigenvalue weighted by Crippen LogP contribution is 2.53. The molecule has 0 bridgehead atoms. The third-order valence-corrected chi connectivity index (χ3v) is 6.59. The van der Waals surface area contributed by atoms with Gasteiger partial charge in [0.15, 0.2) is 23.0 Å². The van der Waals surface area contributed by atoms with Crippen LogP contribution in [0.25, 0.3) is 11.1 Å². The van der Waals surface area contributed by atoms with E-state index in [0.717, 1.165) is 29.4 Å². The molecule has 0 aromatic heterocycles. The number of hydrogen-bond donors (Lipinski definition) is 0. The Balaban J connectivity index is 1.65. The Morgan fingerprint density at radius 3 is 2.17 bits per heavy atom. The number of ether oxygens (including phenoxy) is 4. The molecule has 2 fully saturated rings. The fourth-order valence-corrected chi connectivity index (χ4v) is 5.19. The smallest absolute Gasteiger partial charge is 0.161 e. The van der Waals surface area contributed by atoms with Gasteiger partial charge in [0.2, 0.25) is 0 Å². The maximum atomic E-state index is 5.61. The van der Waals surface area contributed by atoms with Crippen LogP contribution in [0.1, 0.15) is 29.5 Å². The maximum Gasteiger partial charge on any atom is 0.161 e. The lowest BCUT2D eigenvalue weighted by atomic mass is 9.95. The van der Waals surface area contributed by atoms with Crippen LogP contribution in [0.15, 0.2) is 30.3 Å². The molecule has 2 aromatic rings. The van der Waals surface area contributed by atoms with Gasteiger partial charge in [0.05, 0.1) is 34.5 Å². The van der Waals surface area contributed by atoms with E-state index in [0.29, 0.717) is 12.1 Å². The summed E-state index contributed by atoms with van der Waals surface area (Å²) in [5.74, 6) is 3.09. The van der Waals surface area contributed by atoms with E-state index in [1.165, 1.54) is 47.2 Å². The van der Waals surface area contributed by atoms with E-state index in [4.69, 9.17) is 18.9 Å². The quantitative estimate of drug-likeness (QED) is 0.693. The third kappa shape index (κ3) is 2.79. The highest BCUT2D eigenvalue weighted by Gasteiger charge is 2.54. The molecule has 2 saturated heterocycles. The van der Waals surface area contributed by atoms with E-state index >= 15 is 0 Å². The minimum absolute atomic E-state index is 0.506. The minimum Gasteiger partial charge on any atom is -0.493 e. The molecule has 5 heteroatoms. The van der Waals surface area contributed by atoms with Gasteiger partial charge < -0.3 is 18.9 Å². The van der Waals surface area contributed by atoms with Crippen LogP contribution >= 0.6 is 0 Å². The molecule has 0 saturated carbocycles. The number of fused-ring (bicyclic) bond motifs is 2. The number of methoxy groups -OCH3 is 4. The SMILES string of the molecule is COc1ccc(C2=C(C3C4CCCN43)c3cc(OC)c(OC)cc3C2)cc1OC. The molecule has 1 aliphatic carbocycles. The monoisotopic (exact) mass is 393 g/mol. The molecule has 2 aliphatic heterocycles. The van der Waals surface area contributed by atoms with Crippen LogP contribution in [-0.2, 0) is 6.42 Å². The van der Waals surface area contributed by atoms with Crippen LogP contribution in [0.2, 0.25) is 0 Å². The Hall–Kier alpha value is -2.66. The van der Waals surface area contributed by atoms with E-state index in [1.54, 1.807) is 28.4 Å². The van der Waals surface area contributed by atoms with Gasteiger partial charge in [-0.1, -0.05) is 6.07 Å². The average molecular weight is 393 g/mol. The van der Waals surface area contributed by atoms with Crippen molar-refractivity contribution in [2.75, 3.05) is 35.0 Å². The van der Waals surface area contributed by atoms with Crippen molar-refractivity contribution < 1.29 is 18.9 Å². The first-order valence-electron chi connectivity index (χ1n) is 10.2. The Bertz CT molecular complexity index is 987. The molecule has 5 rings (SSSR count). The Morgan fingerprint density at radius 1 is 0.828 bits per heavy atom. The fraction of sp³-hybridized carbons (Fsp3) is 0.417. The predicted molar refractivity (Wildman–Crippen MR) is 113 cm³/mol. The molecule has 0 amide bonds. The molecule has 0 N–H and O–H groups in total. The topological polar surface area (TPSA) is 39.9 Å². The molecule has 152 valence electrons. The van der Waals surface area contributed by atoms with Crippen molar-refractivity contribution in [3.05, 3.63) is 47.0 Å². The van der Waals surface area contributed by atoms with E-state index in [-0.39, 0.29) is 0 Å². The predicted octanol–water partition coefficient (Wildman–Crippen LogP) is 4.03. The largest absolute Gasteiger partial charge is 0.493 e. The zero-order chi connectivity index (χ0) is 20.1. The van der Waals surface area contributed by atoms with Gasteiger partial charge in [-0.05, 0) is 77.9 Å². The van der Waals surface area contributed by atoms with E-state index in [9.17, 15) is 0 Å². The number of allylic oxidation sites excluding steroid dienone is 1. The highest BCUT2D eigenvalue weighted by molar-refractivity contribution is 6.01. The second-order valence-electron chi connectivity index (χ2n) is 7.90. The molecular formula is C24H27NO4. The van der Waals surface area contributed by atoms with Crippen molar-refractivity contribution in [3.8, 4) is 23.0 Å². The molecule has 3 atom stereocenters. The molecule has 2 aromatic carbocycles. The summed E-state index contributed by atoms with van der Waals surface area (Å²) in [5.41, 5.74) is 6.60. The van der Waals surface area contributed by atoms with Crippen molar-refractivity contribution in [2.45, 2.75) is 31.3 Å². The van der Waals surface area contributed by atoms with Crippen molar-refractivity contribution >= 4 is 11.1 Å². The summed E-state index contributed by atoms with van der Waals surface area (Å²) >= 11 is 0. The molecular weight excluding hydrogens is 366 g/mol. The van der Waals surface area contributed by atoms with Crippen LogP contribution in [0.5, 0.6) is 23.0 Å². The lowest BCUT2D eigenvalue weighted by molar-refractivity contribution is 0.354. The highest BCUT2D eigenvalue weighted by atomic mass is 16.5. The summed E-state index contributed by atoms with van der Waals surface area (Å²) < 4.78 is 22.2. The zero-order valence-electron chi connectivity index (χ0n) is 17.5. The van der Waals surface area contributed by atoms with Gasteiger partial charge in [0.25, 0.3) is 0 Å². The van der Waals surface area contributed by atoms with Gasteiger partial charge in [-0.25, -0.2) is 0 Å². The van der Waals surface area contributed by atoms with Gasteiger partial charge in [0.1, 0.15) is 0 Å².